The summed E-state index contributed by atoms with van der Waals surface area (Å²) in [6.45, 7) is 0.912. The third-order valence-corrected chi connectivity index (χ3v) is 3.65. The van der Waals surface area contributed by atoms with E-state index in [9.17, 15) is 13.2 Å². The number of benzene rings is 1. The minimum absolute atomic E-state index is 0.0417. The van der Waals surface area contributed by atoms with Crippen LogP contribution < -0.4 is 0 Å². The van der Waals surface area contributed by atoms with Crippen molar-refractivity contribution < 1.29 is 13.2 Å². The maximum atomic E-state index is 14.0. The van der Waals surface area contributed by atoms with Gasteiger partial charge >= 0.3 is 0 Å². The second kappa shape index (κ2) is 6.01. The van der Waals surface area contributed by atoms with Crippen molar-refractivity contribution in [3.63, 3.8) is 0 Å². The zero-order chi connectivity index (χ0) is 13.1. The van der Waals surface area contributed by atoms with Crippen LogP contribution in [0.15, 0.2) is 23.1 Å². The van der Waals surface area contributed by atoms with Gasteiger partial charge in [-0.3, -0.25) is 0 Å². The second-order valence-electron chi connectivity index (χ2n) is 3.80. The number of alkyl halides is 4. The Labute approximate surface area is 109 Å². The average Bonchev–Trinajstić information content (AvgIpc) is 2.29. The smallest absolute Gasteiger partial charge is 0.233 e. The largest absolute Gasteiger partial charge is 0.275 e. The van der Waals surface area contributed by atoms with Crippen molar-refractivity contribution in [2.24, 2.45) is 0 Å². The van der Waals surface area contributed by atoms with Gasteiger partial charge in [-0.25, -0.2) is 13.2 Å². The Bertz CT molecular complexity index is 380. The summed E-state index contributed by atoms with van der Waals surface area (Å²) in [5, 5.41) is 0. The first-order valence-electron chi connectivity index (χ1n) is 5.14. The highest BCUT2D eigenvalue weighted by Crippen LogP contribution is 2.37. The summed E-state index contributed by atoms with van der Waals surface area (Å²) in [7, 11) is 0. The van der Waals surface area contributed by atoms with Crippen LogP contribution in [0.1, 0.15) is 18.1 Å². The van der Waals surface area contributed by atoms with E-state index in [2.05, 4.69) is 0 Å². The first kappa shape index (κ1) is 14.7. The molecule has 1 unspecified atom stereocenters. The molecule has 0 spiro atoms. The molecule has 1 rings (SSSR count). The fourth-order valence-corrected chi connectivity index (χ4v) is 2.55. The van der Waals surface area contributed by atoms with Crippen LogP contribution in [0.3, 0.4) is 0 Å². The molecule has 0 radical (unpaired) electrons. The molecule has 0 aromatic heterocycles. The summed E-state index contributed by atoms with van der Waals surface area (Å²) >= 11 is 7.05. The van der Waals surface area contributed by atoms with Gasteiger partial charge in [0.15, 0.2) is 5.67 Å². The van der Waals surface area contributed by atoms with E-state index in [1.807, 2.05) is 6.26 Å². The van der Waals surface area contributed by atoms with Crippen LogP contribution in [-0.4, -0.2) is 18.6 Å². The van der Waals surface area contributed by atoms with Gasteiger partial charge in [-0.1, -0.05) is 12.1 Å². The molecule has 0 fully saturated rings. The zero-order valence-electron chi connectivity index (χ0n) is 9.64. The van der Waals surface area contributed by atoms with E-state index in [4.69, 9.17) is 11.6 Å². The van der Waals surface area contributed by atoms with Crippen molar-refractivity contribution in [1.82, 2.24) is 0 Å². The average molecular weight is 283 g/mol. The van der Waals surface area contributed by atoms with Gasteiger partial charge in [-0.2, -0.15) is 0 Å². The standard InChI is InChI=1S/C12H14ClF3S/c1-12(16,11(14)15)9-4-3-5-10(17-2)8(9)6-7-13/h3-5,11H,6-7H2,1-2H3. The predicted molar refractivity (Wildman–Crippen MR) is 67.1 cm³/mol. The van der Waals surface area contributed by atoms with Crippen molar-refractivity contribution in [3.05, 3.63) is 29.3 Å². The van der Waals surface area contributed by atoms with Crippen LogP contribution in [0.2, 0.25) is 0 Å². The normalized spacial score (nSPS) is 15.0. The van der Waals surface area contributed by atoms with E-state index >= 15 is 0 Å². The van der Waals surface area contributed by atoms with Crippen molar-refractivity contribution in [3.8, 4) is 0 Å². The number of halogens is 4. The van der Waals surface area contributed by atoms with Crippen LogP contribution in [0.4, 0.5) is 13.2 Å². The fraction of sp³-hybridized carbons (Fsp3) is 0.500. The Morgan fingerprint density at radius 3 is 2.53 bits per heavy atom. The highest BCUT2D eigenvalue weighted by Gasteiger charge is 2.38. The van der Waals surface area contributed by atoms with E-state index in [1.54, 1.807) is 12.1 Å². The van der Waals surface area contributed by atoms with Crippen LogP contribution in [0.5, 0.6) is 0 Å². The molecular weight excluding hydrogens is 269 g/mol. The van der Waals surface area contributed by atoms with Crippen LogP contribution in [0, 0.1) is 0 Å². The summed E-state index contributed by atoms with van der Waals surface area (Å²) < 4.78 is 39.5. The number of hydrogen-bond acceptors (Lipinski definition) is 1. The minimum atomic E-state index is -3.05. The van der Waals surface area contributed by atoms with Crippen molar-refractivity contribution in [1.29, 1.82) is 0 Å². The molecule has 0 amide bonds. The Morgan fingerprint density at radius 2 is 2.06 bits per heavy atom. The molecule has 96 valence electrons. The monoisotopic (exact) mass is 282 g/mol. The van der Waals surface area contributed by atoms with E-state index in [1.165, 1.54) is 17.8 Å². The summed E-state index contributed by atoms with van der Waals surface area (Å²) in [6, 6.07) is 4.80. The summed E-state index contributed by atoms with van der Waals surface area (Å²) in [5.41, 5.74) is -2.01. The Balaban J connectivity index is 3.32. The maximum Gasteiger partial charge on any atom is 0.275 e. The second-order valence-corrected chi connectivity index (χ2v) is 5.03. The van der Waals surface area contributed by atoms with Crippen LogP contribution in [-0.2, 0) is 12.1 Å². The SMILES string of the molecule is CSc1cccc(C(C)(F)C(F)F)c1CCCl. The number of rotatable bonds is 5. The molecule has 0 aliphatic carbocycles. The fourth-order valence-electron chi connectivity index (χ4n) is 1.68. The molecule has 17 heavy (non-hydrogen) atoms. The molecule has 0 saturated carbocycles. The van der Waals surface area contributed by atoms with E-state index in [0.29, 0.717) is 12.0 Å². The quantitative estimate of drug-likeness (QED) is 0.560. The lowest BCUT2D eigenvalue weighted by Crippen LogP contribution is -2.27. The lowest BCUT2D eigenvalue weighted by Gasteiger charge is -2.24. The number of thioether (sulfide) groups is 1. The van der Waals surface area contributed by atoms with Gasteiger partial charge in [0.2, 0.25) is 0 Å². The zero-order valence-corrected chi connectivity index (χ0v) is 11.2. The number of hydrogen-bond donors (Lipinski definition) is 0. The molecular formula is C12H14ClF3S. The van der Waals surface area contributed by atoms with Crippen LogP contribution >= 0.6 is 23.4 Å². The lowest BCUT2D eigenvalue weighted by molar-refractivity contribution is -0.0264. The molecule has 0 aliphatic heterocycles. The first-order valence-corrected chi connectivity index (χ1v) is 6.90. The third kappa shape index (κ3) is 3.10. The van der Waals surface area contributed by atoms with E-state index < -0.39 is 12.1 Å². The molecule has 0 saturated heterocycles. The Kier molecular flexibility index (Phi) is 5.20. The first-order chi connectivity index (χ1) is 7.95. The molecule has 0 nitrogen and oxygen atoms in total. The van der Waals surface area contributed by atoms with Crippen molar-refractivity contribution >= 4 is 23.4 Å². The van der Waals surface area contributed by atoms with Gasteiger partial charge in [0, 0.05) is 10.8 Å². The molecule has 1 atom stereocenters. The highest BCUT2D eigenvalue weighted by atomic mass is 35.5. The van der Waals surface area contributed by atoms with Gasteiger partial charge in [0.05, 0.1) is 0 Å². The molecule has 0 heterocycles. The van der Waals surface area contributed by atoms with Gasteiger partial charge in [-0.15, -0.1) is 23.4 Å². The molecule has 1 aromatic rings. The van der Waals surface area contributed by atoms with Gasteiger partial charge in [0.25, 0.3) is 6.43 Å². The van der Waals surface area contributed by atoms with Gasteiger partial charge < -0.3 is 0 Å². The van der Waals surface area contributed by atoms with Crippen molar-refractivity contribution in [2.75, 3.05) is 12.1 Å². The topological polar surface area (TPSA) is 0 Å². The van der Waals surface area contributed by atoms with Gasteiger partial charge in [0.1, 0.15) is 0 Å². The van der Waals surface area contributed by atoms with Crippen LogP contribution in [0.25, 0.3) is 0 Å². The van der Waals surface area contributed by atoms with E-state index in [0.717, 1.165) is 11.8 Å². The molecule has 0 aliphatic rings. The molecule has 5 heteroatoms. The Morgan fingerprint density at radius 1 is 1.41 bits per heavy atom. The minimum Gasteiger partial charge on any atom is -0.233 e. The molecule has 0 N–H and O–H groups in total. The summed E-state index contributed by atoms with van der Waals surface area (Å²) in [4.78, 5) is 0.799. The summed E-state index contributed by atoms with van der Waals surface area (Å²) in [5.74, 6) is 0.282. The molecule has 0 bridgehead atoms. The van der Waals surface area contributed by atoms with Gasteiger partial charge in [-0.05, 0) is 36.8 Å². The Hall–Kier alpha value is -0.350. The van der Waals surface area contributed by atoms with E-state index in [-0.39, 0.29) is 11.4 Å². The highest BCUT2D eigenvalue weighted by molar-refractivity contribution is 7.98. The lowest BCUT2D eigenvalue weighted by atomic mass is 9.92. The van der Waals surface area contributed by atoms with Crippen molar-refractivity contribution in [2.45, 2.75) is 30.3 Å². The predicted octanol–water partition coefficient (Wildman–Crippen LogP) is 4.64. The molecule has 1 aromatic carbocycles. The summed E-state index contributed by atoms with van der Waals surface area (Å²) in [6.07, 6.45) is -0.830. The third-order valence-electron chi connectivity index (χ3n) is 2.63. The maximum absolute atomic E-state index is 14.0.